The SMILES string of the molecule is CNc1nc(N)nc2c1CCC2. The van der Waals surface area contributed by atoms with Gasteiger partial charge in [0.1, 0.15) is 5.82 Å². The highest BCUT2D eigenvalue weighted by Gasteiger charge is 2.17. The lowest BCUT2D eigenvalue weighted by Crippen LogP contribution is -2.04. The van der Waals surface area contributed by atoms with Crippen molar-refractivity contribution in [2.45, 2.75) is 19.3 Å². The van der Waals surface area contributed by atoms with Crippen LogP contribution in [0, 0.1) is 0 Å². The summed E-state index contributed by atoms with van der Waals surface area (Å²) in [6, 6.07) is 0. The smallest absolute Gasteiger partial charge is 0.222 e. The minimum atomic E-state index is 0.375. The Morgan fingerprint density at radius 2 is 2.17 bits per heavy atom. The van der Waals surface area contributed by atoms with Gasteiger partial charge in [-0.15, -0.1) is 0 Å². The summed E-state index contributed by atoms with van der Waals surface area (Å²) < 4.78 is 0. The number of nitrogens with zero attached hydrogens (tertiary/aromatic N) is 2. The summed E-state index contributed by atoms with van der Waals surface area (Å²) in [5.74, 6) is 1.27. The third kappa shape index (κ3) is 0.995. The number of aromatic nitrogens is 2. The maximum atomic E-state index is 5.54. The standard InChI is InChI=1S/C8H12N4/c1-10-7-5-3-2-4-6(5)11-8(9)12-7/h2-4H2,1H3,(H3,9,10,11,12). The number of hydrogen-bond donors (Lipinski definition) is 2. The van der Waals surface area contributed by atoms with Crippen LogP contribution in [0.5, 0.6) is 0 Å². The van der Waals surface area contributed by atoms with Gasteiger partial charge >= 0.3 is 0 Å². The molecular formula is C8H12N4. The van der Waals surface area contributed by atoms with E-state index in [1.54, 1.807) is 0 Å². The predicted molar refractivity (Wildman–Crippen MR) is 48.0 cm³/mol. The van der Waals surface area contributed by atoms with Crippen molar-refractivity contribution in [3.05, 3.63) is 11.3 Å². The Balaban J connectivity index is 2.55. The Morgan fingerprint density at radius 1 is 1.33 bits per heavy atom. The fourth-order valence-corrected chi connectivity index (χ4v) is 1.66. The van der Waals surface area contributed by atoms with E-state index in [4.69, 9.17) is 5.73 Å². The number of aryl methyl sites for hydroxylation is 1. The number of fused-ring (bicyclic) bond motifs is 1. The molecule has 0 saturated heterocycles. The van der Waals surface area contributed by atoms with Crippen LogP contribution in [0.1, 0.15) is 17.7 Å². The summed E-state index contributed by atoms with van der Waals surface area (Å²) in [5, 5.41) is 3.04. The van der Waals surface area contributed by atoms with Gasteiger partial charge < -0.3 is 11.1 Å². The molecule has 0 bridgehead atoms. The molecule has 0 aromatic carbocycles. The monoisotopic (exact) mass is 164 g/mol. The molecular weight excluding hydrogens is 152 g/mol. The van der Waals surface area contributed by atoms with Gasteiger partial charge in [-0.3, -0.25) is 0 Å². The molecule has 12 heavy (non-hydrogen) atoms. The van der Waals surface area contributed by atoms with Crippen molar-refractivity contribution < 1.29 is 0 Å². The zero-order valence-electron chi connectivity index (χ0n) is 7.09. The van der Waals surface area contributed by atoms with Crippen LogP contribution in [-0.4, -0.2) is 17.0 Å². The average molecular weight is 164 g/mol. The minimum absolute atomic E-state index is 0.375. The second kappa shape index (κ2) is 2.62. The molecule has 0 fully saturated rings. The van der Waals surface area contributed by atoms with E-state index in [9.17, 15) is 0 Å². The van der Waals surface area contributed by atoms with Crippen LogP contribution in [0.4, 0.5) is 11.8 Å². The van der Waals surface area contributed by atoms with E-state index in [1.807, 2.05) is 7.05 Å². The second-order valence-corrected chi connectivity index (χ2v) is 2.96. The van der Waals surface area contributed by atoms with Crippen LogP contribution in [0.15, 0.2) is 0 Å². The molecule has 4 nitrogen and oxygen atoms in total. The Bertz CT molecular complexity index is 308. The molecule has 0 aliphatic heterocycles. The third-order valence-electron chi connectivity index (χ3n) is 2.19. The molecule has 0 radical (unpaired) electrons. The zero-order chi connectivity index (χ0) is 8.55. The molecule has 1 heterocycles. The van der Waals surface area contributed by atoms with Crippen molar-refractivity contribution in [1.82, 2.24) is 9.97 Å². The van der Waals surface area contributed by atoms with E-state index >= 15 is 0 Å². The van der Waals surface area contributed by atoms with Crippen molar-refractivity contribution in [2.24, 2.45) is 0 Å². The Kier molecular flexibility index (Phi) is 1.60. The van der Waals surface area contributed by atoms with Gasteiger partial charge in [0.25, 0.3) is 0 Å². The fraction of sp³-hybridized carbons (Fsp3) is 0.500. The van der Waals surface area contributed by atoms with E-state index in [1.165, 1.54) is 12.0 Å². The number of hydrogen-bond acceptors (Lipinski definition) is 4. The molecule has 0 saturated carbocycles. The molecule has 0 atom stereocenters. The van der Waals surface area contributed by atoms with E-state index in [-0.39, 0.29) is 0 Å². The molecule has 1 aromatic heterocycles. The van der Waals surface area contributed by atoms with Gasteiger partial charge in [0, 0.05) is 12.6 Å². The first-order valence-corrected chi connectivity index (χ1v) is 4.14. The first-order chi connectivity index (χ1) is 5.81. The van der Waals surface area contributed by atoms with Crippen molar-refractivity contribution in [2.75, 3.05) is 18.1 Å². The van der Waals surface area contributed by atoms with Crippen LogP contribution < -0.4 is 11.1 Å². The largest absolute Gasteiger partial charge is 0.373 e. The summed E-state index contributed by atoms with van der Waals surface area (Å²) in [6.07, 6.45) is 3.28. The van der Waals surface area contributed by atoms with Crippen LogP contribution in [0.25, 0.3) is 0 Å². The zero-order valence-corrected chi connectivity index (χ0v) is 7.09. The molecule has 0 unspecified atom stereocenters. The number of rotatable bonds is 1. The quantitative estimate of drug-likeness (QED) is 0.637. The number of nitrogen functional groups attached to an aromatic ring is 1. The summed E-state index contributed by atoms with van der Waals surface area (Å²) in [5.41, 5.74) is 7.90. The van der Waals surface area contributed by atoms with Crippen LogP contribution in [0.2, 0.25) is 0 Å². The van der Waals surface area contributed by atoms with Gasteiger partial charge in [0.2, 0.25) is 5.95 Å². The molecule has 1 aliphatic carbocycles. The third-order valence-corrected chi connectivity index (χ3v) is 2.19. The van der Waals surface area contributed by atoms with Crippen LogP contribution >= 0.6 is 0 Å². The van der Waals surface area contributed by atoms with E-state index in [0.29, 0.717) is 5.95 Å². The maximum absolute atomic E-state index is 5.54. The number of anilines is 2. The number of nitrogens with two attached hydrogens (primary N) is 1. The molecule has 0 amide bonds. The van der Waals surface area contributed by atoms with E-state index < -0.39 is 0 Å². The highest BCUT2D eigenvalue weighted by atomic mass is 15.1. The van der Waals surface area contributed by atoms with Crippen LogP contribution in [-0.2, 0) is 12.8 Å². The highest BCUT2D eigenvalue weighted by Crippen LogP contribution is 2.26. The highest BCUT2D eigenvalue weighted by molar-refractivity contribution is 5.50. The van der Waals surface area contributed by atoms with Crippen molar-refractivity contribution in [1.29, 1.82) is 0 Å². The van der Waals surface area contributed by atoms with Gasteiger partial charge in [-0.2, -0.15) is 4.98 Å². The minimum Gasteiger partial charge on any atom is -0.373 e. The first kappa shape index (κ1) is 7.34. The Hall–Kier alpha value is -1.32. The summed E-state index contributed by atoms with van der Waals surface area (Å²) in [7, 11) is 1.86. The maximum Gasteiger partial charge on any atom is 0.222 e. The van der Waals surface area contributed by atoms with Crippen LogP contribution in [0.3, 0.4) is 0 Å². The molecule has 1 aliphatic rings. The van der Waals surface area contributed by atoms with Gasteiger partial charge in [-0.1, -0.05) is 0 Å². The average Bonchev–Trinajstić information content (AvgIpc) is 2.50. The lowest BCUT2D eigenvalue weighted by molar-refractivity contribution is 0.900. The molecule has 1 aromatic rings. The first-order valence-electron chi connectivity index (χ1n) is 4.14. The second-order valence-electron chi connectivity index (χ2n) is 2.96. The topological polar surface area (TPSA) is 63.8 Å². The lowest BCUT2D eigenvalue weighted by Gasteiger charge is -2.06. The van der Waals surface area contributed by atoms with Crippen molar-refractivity contribution >= 4 is 11.8 Å². The summed E-state index contributed by atoms with van der Waals surface area (Å²) in [6.45, 7) is 0. The molecule has 2 rings (SSSR count). The van der Waals surface area contributed by atoms with E-state index in [0.717, 1.165) is 24.4 Å². The lowest BCUT2D eigenvalue weighted by atomic mass is 10.2. The predicted octanol–water partition coefficient (Wildman–Crippen LogP) is 0.589. The van der Waals surface area contributed by atoms with Gasteiger partial charge in [-0.05, 0) is 19.3 Å². The fourth-order valence-electron chi connectivity index (χ4n) is 1.66. The summed E-state index contributed by atoms with van der Waals surface area (Å²) >= 11 is 0. The Morgan fingerprint density at radius 3 is 2.92 bits per heavy atom. The molecule has 3 N–H and O–H groups in total. The molecule has 4 heteroatoms. The van der Waals surface area contributed by atoms with Gasteiger partial charge in [0.05, 0.1) is 5.69 Å². The molecule has 64 valence electrons. The summed E-state index contributed by atoms with van der Waals surface area (Å²) in [4.78, 5) is 8.31. The van der Waals surface area contributed by atoms with E-state index in [2.05, 4.69) is 15.3 Å². The normalized spacial score (nSPS) is 14.4. The number of nitrogens with one attached hydrogen (secondary N) is 1. The van der Waals surface area contributed by atoms with Crippen molar-refractivity contribution in [3.8, 4) is 0 Å². The van der Waals surface area contributed by atoms with Gasteiger partial charge in [-0.25, -0.2) is 4.98 Å². The van der Waals surface area contributed by atoms with Gasteiger partial charge in [0.15, 0.2) is 0 Å². The van der Waals surface area contributed by atoms with Crippen molar-refractivity contribution in [3.63, 3.8) is 0 Å². The Labute approximate surface area is 71.2 Å². The molecule has 0 spiro atoms.